The first-order valence-electron chi connectivity index (χ1n) is 8.32. The number of rotatable bonds is 4. The molecule has 1 aliphatic heterocycles. The van der Waals surface area contributed by atoms with Gasteiger partial charge in [0.15, 0.2) is 17.3 Å². The van der Waals surface area contributed by atoms with Crippen LogP contribution in [0.5, 0.6) is 11.5 Å². The monoisotopic (exact) mass is 375 g/mol. The zero-order valence-corrected chi connectivity index (χ0v) is 15.7. The Morgan fingerprint density at radius 2 is 2.23 bits per heavy atom. The van der Waals surface area contributed by atoms with Crippen LogP contribution in [0.2, 0.25) is 0 Å². The first-order valence-corrected chi connectivity index (χ1v) is 9.76. The van der Waals surface area contributed by atoms with Crippen molar-refractivity contribution >= 4 is 22.1 Å². The maximum absolute atomic E-state index is 12.3. The number of aromatic hydroxyl groups is 1. The lowest BCUT2D eigenvalue weighted by molar-refractivity contribution is 0.373. The van der Waals surface area contributed by atoms with Crippen molar-refractivity contribution in [2.75, 3.05) is 13.7 Å². The second kappa shape index (κ2) is 6.95. The van der Waals surface area contributed by atoms with E-state index < -0.39 is 10.0 Å². The largest absolute Gasteiger partial charge is 0.504 e. The molecule has 0 amide bonds. The number of sulfonamides is 1. The molecule has 2 aliphatic rings. The van der Waals surface area contributed by atoms with E-state index >= 15 is 0 Å². The summed E-state index contributed by atoms with van der Waals surface area (Å²) in [5.74, 6) is 0.820. The maximum atomic E-state index is 12.3. The Hall–Kier alpha value is -2.61. The molecule has 1 aliphatic carbocycles. The average molecular weight is 375 g/mol. The van der Waals surface area contributed by atoms with Gasteiger partial charge in [-0.1, -0.05) is 13.0 Å². The molecule has 8 heteroatoms. The van der Waals surface area contributed by atoms with Gasteiger partial charge in [-0.2, -0.15) is 13.5 Å². The Bertz CT molecular complexity index is 945. The summed E-state index contributed by atoms with van der Waals surface area (Å²) in [6.07, 6.45) is 5.84. The first kappa shape index (κ1) is 18.2. The lowest BCUT2D eigenvalue weighted by atomic mass is 9.92. The summed E-state index contributed by atoms with van der Waals surface area (Å²) in [6, 6.07) is 4.86. The van der Waals surface area contributed by atoms with Crippen molar-refractivity contribution in [3.8, 4) is 11.5 Å². The number of phenols is 1. The number of hydrogen-bond acceptors (Lipinski definition) is 6. The van der Waals surface area contributed by atoms with Crippen LogP contribution in [0.25, 0.3) is 0 Å². The van der Waals surface area contributed by atoms with Crippen LogP contribution in [0.15, 0.2) is 50.3 Å². The molecule has 0 bridgehead atoms. The molecule has 1 aromatic rings. The van der Waals surface area contributed by atoms with Crippen molar-refractivity contribution in [1.82, 2.24) is 5.01 Å². The van der Waals surface area contributed by atoms with Crippen LogP contribution in [0.4, 0.5) is 0 Å². The number of hydrazone groups is 1. The molecule has 0 aromatic heterocycles. The summed E-state index contributed by atoms with van der Waals surface area (Å²) in [5.41, 5.74) is 1.43. The highest BCUT2D eigenvalue weighted by molar-refractivity contribution is 7.94. The van der Waals surface area contributed by atoms with E-state index in [-0.39, 0.29) is 16.6 Å². The van der Waals surface area contributed by atoms with Gasteiger partial charge in [-0.3, -0.25) is 0 Å². The molecule has 7 nitrogen and oxygen atoms in total. The fraction of sp³-hybridized carbons (Fsp3) is 0.333. The van der Waals surface area contributed by atoms with E-state index in [2.05, 4.69) is 9.50 Å². The Labute approximate surface area is 153 Å². The van der Waals surface area contributed by atoms with Gasteiger partial charge in [0, 0.05) is 12.1 Å². The molecule has 0 radical (unpaired) electrons. The second-order valence-electron chi connectivity index (χ2n) is 6.10. The van der Waals surface area contributed by atoms with Gasteiger partial charge in [0.25, 0.3) is 10.0 Å². The zero-order valence-electron chi connectivity index (χ0n) is 14.9. The molecule has 0 saturated heterocycles. The fourth-order valence-corrected chi connectivity index (χ4v) is 4.34. The molecular weight excluding hydrogens is 354 g/mol. The molecule has 138 valence electrons. The summed E-state index contributed by atoms with van der Waals surface area (Å²) < 4.78 is 33.7. The number of methoxy groups -OCH3 is 1. The minimum Gasteiger partial charge on any atom is -0.504 e. The molecule has 0 saturated carbocycles. The normalized spacial score (nSPS) is 21.0. The van der Waals surface area contributed by atoms with Crippen LogP contribution in [-0.4, -0.2) is 44.2 Å². The quantitative estimate of drug-likeness (QED) is 0.645. The number of ether oxygens (including phenoxy) is 1. The van der Waals surface area contributed by atoms with Crippen LogP contribution in [0.1, 0.15) is 25.8 Å². The van der Waals surface area contributed by atoms with Gasteiger partial charge < -0.3 is 9.84 Å². The number of likely N-dealkylation sites (N-methyl/N-ethyl adjacent to an activating group) is 1. The van der Waals surface area contributed by atoms with Gasteiger partial charge in [0.05, 0.1) is 18.2 Å². The smallest absolute Gasteiger partial charge is 0.284 e. The van der Waals surface area contributed by atoms with Crippen molar-refractivity contribution in [2.45, 2.75) is 20.3 Å². The predicted molar refractivity (Wildman–Crippen MR) is 101 cm³/mol. The highest BCUT2D eigenvalue weighted by atomic mass is 32.2. The van der Waals surface area contributed by atoms with Gasteiger partial charge >= 0.3 is 0 Å². The van der Waals surface area contributed by atoms with E-state index in [1.165, 1.54) is 13.2 Å². The van der Waals surface area contributed by atoms with Gasteiger partial charge in [0.1, 0.15) is 0 Å². The summed E-state index contributed by atoms with van der Waals surface area (Å²) in [7, 11) is -2.20. The fourth-order valence-electron chi connectivity index (χ4n) is 2.98. The third-order valence-electron chi connectivity index (χ3n) is 4.34. The molecular formula is C18H21N3O4S. The van der Waals surface area contributed by atoms with Gasteiger partial charge in [0.2, 0.25) is 0 Å². The molecule has 1 N–H and O–H groups in total. The second-order valence-corrected chi connectivity index (χ2v) is 7.67. The number of phenolic OH excluding ortho intramolecular Hbond substituents is 1. The van der Waals surface area contributed by atoms with Crippen LogP contribution in [0.3, 0.4) is 0 Å². The van der Waals surface area contributed by atoms with Crippen molar-refractivity contribution < 1.29 is 18.3 Å². The zero-order chi connectivity index (χ0) is 18.9. The van der Waals surface area contributed by atoms with E-state index in [1.807, 2.05) is 19.9 Å². The molecule has 1 heterocycles. The van der Waals surface area contributed by atoms with E-state index in [0.29, 0.717) is 23.7 Å². The lowest BCUT2D eigenvalue weighted by Gasteiger charge is -2.23. The van der Waals surface area contributed by atoms with Crippen molar-refractivity contribution in [1.29, 1.82) is 0 Å². The van der Waals surface area contributed by atoms with Crippen LogP contribution in [-0.2, 0) is 10.0 Å². The van der Waals surface area contributed by atoms with Crippen molar-refractivity contribution in [3.05, 3.63) is 46.4 Å². The van der Waals surface area contributed by atoms with E-state index in [0.717, 1.165) is 12.0 Å². The number of nitrogens with zero attached hydrogens (tertiary/aromatic N) is 3. The minimum absolute atomic E-state index is 0.0425. The number of hydrogen-bond donors (Lipinski definition) is 1. The summed E-state index contributed by atoms with van der Waals surface area (Å²) in [5, 5.41) is 15.7. The van der Waals surface area contributed by atoms with Crippen LogP contribution < -0.4 is 4.74 Å². The summed E-state index contributed by atoms with van der Waals surface area (Å²) in [4.78, 5) is 0.270. The molecule has 26 heavy (non-hydrogen) atoms. The topological polar surface area (TPSA) is 91.6 Å². The first-order chi connectivity index (χ1) is 12.4. The standard InChI is InChI=1S/C18H21N3O4S/c1-4-21(19-11-13-8-9-14(22)15(10-13)25-3)18-17-12(2)6-5-7-16(17)26(23,24)20-18/h5,7-12,22H,4,6H2,1-3H3/b19-11+. The highest BCUT2D eigenvalue weighted by Gasteiger charge is 2.37. The van der Waals surface area contributed by atoms with Crippen molar-refractivity contribution in [3.63, 3.8) is 0 Å². The van der Waals surface area contributed by atoms with E-state index in [1.54, 1.807) is 29.4 Å². The molecule has 0 fully saturated rings. The number of allylic oxidation sites excluding steroid dienone is 2. The third-order valence-corrected chi connectivity index (χ3v) is 5.66. The Kier molecular flexibility index (Phi) is 4.86. The number of amidine groups is 1. The van der Waals surface area contributed by atoms with Gasteiger partial charge in [-0.25, -0.2) is 5.01 Å². The molecule has 3 rings (SSSR count). The molecule has 0 spiro atoms. The summed E-state index contributed by atoms with van der Waals surface area (Å²) >= 11 is 0. The lowest BCUT2D eigenvalue weighted by Crippen LogP contribution is -2.29. The molecule has 1 atom stereocenters. The van der Waals surface area contributed by atoms with Crippen molar-refractivity contribution in [2.24, 2.45) is 15.4 Å². The molecule has 1 aromatic carbocycles. The van der Waals surface area contributed by atoms with Crippen LogP contribution in [0, 0.1) is 5.92 Å². The summed E-state index contributed by atoms with van der Waals surface area (Å²) in [6.45, 7) is 4.33. The molecule has 1 unspecified atom stereocenters. The predicted octanol–water partition coefficient (Wildman–Crippen LogP) is 2.65. The van der Waals surface area contributed by atoms with Crippen LogP contribution >= 0.6 is 0 Å². The Morgan fingerprint density at radius 1 is 1.46 bits per heavy atom. The number of benzene rings is 1. The van der Waals surface area contributed by atoms with E-state index in [9.17, 15) is 13.5 Å². The van der Waals surface area contributed by atoms with Gasteiger partial charge in [-0.15, -0.1) is 4.40 Å². The van der Waals surface area contributed by atoms with Gasteiger partial charge in [-0.05, 0) is 49.1 Å². The Morgan fingerprint density at radius 3 is 2.92 bits per heavy atom. The minimum atomic E-state index is -3.67. The Balaban J connectivity index is 1.95. The van der Waals surface area contributed by atoms with E-state index in [4.69, 9.17) is 4.74 Å². The maximum Gasteiger partial charge on any atom is 0.284 e. The average Bonchev–Trinajstić information content (AvgIpc) is 2.89. The highest BCUT2D eigenvalue weighted by Crippen LogP contribution is 2.36. The SMILES string of the molecule is CCN(/N=C/c1ccc(O)c(OC)c1)C1=NS(=O)(=O)C2=C1C(C)CC=C2. The third kappa shape index (κ3) is 3.24.